The number of hydrogen-bond acceptors (Lipinski definition) is 5. The van der Waals surface area contributed by atoms with Gasteiger partial charge in [0.25, 0.3) is 5.91 Å². The minimum Gasteiger partial charge on any atom is -0.460 e. The molecule has 2 N–H and O–H groups in total. The monoisotopic (exact) mass is 426 g/mol. The first-order valence-corrected chi connectivity index (χ1v) is 8.88. The fraction of sp³-hybridized carbons (Fsp3) is 0.421. The fourth-order valence-electron chi connectivity index (χ4n) is 3.32. The molecular weight excluding hydrogens is 403 g/mol. The molecule has 1 aromatic carbocycles. The van der Waals surface area contributed by atoms with Crippen LogP contribution in [0, 0.1) is 0 Å². The van der Waals surface area contributed by atoms with Crippen LogP contribution in [0.2, 0.25) is 0 Å². The van der Waals surface area contributed by atoms with Crippen molar-refractivity contribution in [1.82, 2.24) is 20.4 Å². The van der Waals surface area contributed by atoms with E-state index in [-0.39, 0.29) is 43.3 Å². The molecule has 152 valence electrons. The average molecular weight is 427 g/mol. The van der Waals surface area contributed by atoms with Crippen LogP contribution < -0.4 is 10.6 Å². The first-order valence-electron chi connectivity index (χ1n) is 8.88. The fourth-order valence-corrected chi connectivity index (χ4v) is 3.32. The summed E-state index contributed by atoms with van der Waals surface area (Å²) in [5, 5.41) is 10.7. The largest absolute Gasteiger partial charge is 0.460 e. The van der Waals surface area contributed by atoms with E-state index in [0.717, 1.165) is 37.1 Å². The van der Waals surface area contributed by atoms with Gasteiger partial charge in [-0.2, -0.15) is 5.10 Å². The van der Waals surface area contributed by atoms with E-state index in [4.69, 9.17) is 4.74 Å². The highest BCUT2D eigenvalue weighted by atomic mass is 35.5. The minimum atomic E-state index is -0.464. The maximum Gasteiger partial charge on any atom is 0.338 e. The molecule has 0 spiro atoms. The third-order valence-corrected chi connectivity index (χ3v) is 5.05. The number of halogens is 2. The van der Waals surface area contributed by atoms with Crippen molar-refractivity contribution < 1.29 is 14.3 Å². The molecule has 1 amide bonds. The number of esters is 1. The summed E-state index contributed by atoms with van der Waals surface area (Å²) in [6.07, 6.45) is 2.47. The number of carbonyl (C=O) groups excluding carboxylic acids is 2. The molecule has 2 aromatic rings. The Balaban J connectivity index is 0.00000140. The Morgan fingerprint density at radius 1 is 1.25 bits per heavy atom. The zero-order valence-corrected chi connectivity index (χ0v) is 17.2. The van der Waals surface area contributed by atoms with Gasteiger partial charge in [0.1, 0.15) is 6.61 Å². The zero-order chi connectivity index (χ0) is 18.1. The number of aryl methyl sites for hydroxylation is 1. The summed E-state index contributed by atoms with van der Waals surface area (Å²) in [4.78, 5) is 24.9. The highest BCUT2D eigenvalue weighted by molar-refractivity contribution is 5.95. The molecule has 1 aromatic heterocycles. The molecule has 0 bridgehead atoms. The van der Waals surface area contributed by atoms with E-state index >= 15 is 0 Å². The van der Waals surface area contributed by atoms with E-state index in [2.05, 4.69) is 15.7 Å². The number of fused-ring (bicyclic) bond motifs is 1. The highest BCUT2D eigenvalue weighted by Gasteiger charge is 2.46. The van der Waals surface area contributed by atoms with Crippen molar-refractivity contribution >= 4 is 36.7 Å². The molecule has 2 aliphatic rings. The summed E-state index contributed by atoms with van der Waals surface area (Å²) in [5.74, 6) is -0.565. The number of carbonyl (C=O) groups is 2. The summed E-state index contributed by atoms with van der Waals surface area (Å²) < 4.78 is 7.21. The number of aromatic nitrogens is 2. The van der Waals surface area contributed by atoms with Gasteiger partial charge in [0, 0.05) is 37.8 Å². The molecule has 1 aliphatic carbocycles. The van der Waals surface area contributed by atoms with Crippen LogP contribution in [0.3, 0.4) is 0 Å². The molecule has 1 fully saturated rings. The Labute approximate surface area is 176 Å². The van der Waals surface area contributed by atoms with E-state index in [1.807, 2.05) is 13.1 Å². The van der Waals surface area contributed by atoms with Gasteiger partial charge in [-0.25, -0.2) is 4.79 Å². The van der Waals surface area contributed by atoms with Gasteiger partial charge in [0.05, 0.1) is 11.1 Å². The second kappa shape index (κ2) is 8.94. The molecule has 0 atom stereocenters. The third-order valence-electron chi connectivity index (χ3n) is 5.05. The molecule has 0 saturated heterocycles. The Morgan fingerprint density at radius 3 is 2.64 bits per heavy atom. The molecule has 2 heterocycles. The Hall–Kier alpha value is -2.09. The summed E-state index contributed by atoms with van der Waals surface area (Å²) in [5.41, 5.74) is 2.59. The molecule has 7 nitrogen and oxygen atoms in total. The van der Waals surface area contributed by atoms with E-state index in [0.29, 0.717) is 17.8 Å². The molecular formula is C19H24Cl2N4O3. The van der Waals surface area contributed by atoms with E-state index in [9.17, 15) is 9.59 Å². The summed E-state index contributed by atoms with van der Waals surface area (Å²) >= 11 is 0. The third kappa shape index (κ3) is 4.48. The number of ether oxygens (including phenoxy) is 1. The summed E-state index contributed by atoms with van der Waals surface area (Å²) in [7, 11) is 1.87. The number of rotatable bonds is 5. The topological polar surface area (TPSA) is 85.2 Å². The lowest BCUT2D eigenvalue weighted by molar-refractivity contribution is 0.0440. The van der Waals surface area contributed by atoms with Crippen LogP contribution in [0.4, 0.5) is 0 Å². The summed E-state index contributed by atoms with van der Waals surface area (Å²) in [6, 6.07) is 8.87. The van der Waals surface area contributed by atoms with Crippen LogP contribution >= 0.6 is 24.8 Å². The van der Waals surface area contributed by atoms with Crippen molar-refractivity contribution in [2.24, 2.45) is 7.05 Å². The van der Waals surface area contributed by atoms with Crippen LogP contribution in [0.5, 0.6) is 0 Å². The standard InChI is InChI=1S/C19H22N4O3.2ClH/c1-23-15-7-10-20-11-14(15)16(22-23)17(24)21-19(8-9-19)12-26-18(25)13-5-3-2-4-6-13;;/h2-6,20H,7-12H2,1H3,(H,21,24);2*1H. The van der Waals surface area contributed by atoms with Crippen LogP contribution in [0.15, 0.2) is 30.3 Å². The van der Waals surface area contributed by atoms with Gasteiger partial charge < -0.3 is 15.4 Å². The minimum absolute atomic E-state index is 0. The molecule has 4 rings (SSSR count). The number of nitrogens with one attached hydrogen (secondary N) is 2. The second-order valence-electron chi connectivity index (χ2n) is 7.00. The molecule has 1 aliphatic heterocycles. The normalized spacial score (nSPS) is 16.0. The zero-order valence-electron chi connectivity index (χ0n) is 15.6. The molecule has 0 radical (unpaired) electrons. The Kier molecular flexibility index (Phi) is 7.09. The Morgan fingerprint density at radius 2 is 1.96 bits per heavy atom. The molecule has 28 heavy (non-hydrogen) atoms. The first-order chi connectivity index (χ1) is 12.6. The maximum absolute atomic E-state index is 12.7. The lowest BCUT2D eigenvalue weighted by atomic mass is 10.1. The highest BCUT2D eigenvalue weighted by Crippen LogP contribution is 2.36. The smallest absolute Gasteiger partial charge is 0.338 e. The number of nitrogens with zero attached hydrogens (tertiary/aromatic N) is 2. The average Bonchev–Trinajstić information content (AvgIpc) is 3.35. The predicted octanol–water partition coefficient (Wildman–Crippen LogP) is 2.03. The van der Waals surface area contributed by atoms with E-state index < -0.39 is 5.54 Å². The van der Waals surface area contributed by atoms with E-state index in [1.54, 1.807) is 28.9 Å². The van der Waals surface area contributed by atoms with Crippen molar-refractivity contribution in [3.8, 4) is 0 Å². The number of hydrogen-bond donors (Lipinski definition) is 2. The van der Waals surface area contributed by atoms with Gasteiger partial charge in [0.15, 0.2) is 5.69 Å². The number of benzene rings is 1. The second-order valence-corrected chi connectivity index (χ2v) is 7.00. The van der Waals surface area contributed by atoms with Crippen LogP contribution in [0.25, 0.3) is 0 Å². The quantitative estimate of drug-likeness (QED) is 0.714. The lowest BCUT2D eigenvalue weighted by Gasteiger charge is -2.18. The lowest BCUT2D eigenvalue weighted by Crippen LogP contribution is -2.41. The Bertz CT molecular complexity index is 850. The first kappa shape index (κ1) is 22.2. The van der Waals surface area contributed by atoms with Gasteiger partial charge in [-0.1, -0.05) is 18.2 Å². The molecule has 9 heteroatoms. The van der Waals surface area contributed by atoms with Gasteiger partial charge in [-0.05, 0) is 25.0 Å². The van der Waals surface area contributed by atoms with E-state index in [1.165, 1.54) is 0 Å². The number of amides is 1. The van der Waals surface area contributed by atoms with Gasteiger partial charge in [-0.3, -0.25) is 9.48 Å². The van der Waals surface area contributed by atoms with Crippen molar-refractivity contribution in [3.05, 3.63) is 52.8 Å². The van der Waals surface area contributed by atoms with Crippen LogP contribution in [0.1, 0.15) is 44.9 Å². The van der Waals surface area contributed by atoms with Crippen molar-refractivity contribution in [3.63, 3.8) is 0 Å². The molecule has 0 unspecified atom stereocenters. The van der Waals surface area contributed by atoms with Crippen LogP contribution in [-0.4, -0.2) is 40.3 Å². The van der Waals surface area contributed by atoms with Gasteiger partial charge >= 0.3 is 5.97 Å². The molecule has 1 saturated carbocycles. The SMILES string of the molecule is Cl.Cl.Cn1nc(C(=O)NC2(COC(=O)c3ccccc3)CC2)c2c1CCNC2. The van der Waals surface area contributed by atoms with Crippen molar-refractivity contribution in [2.45, 2.75) is 31.3 Å². The van der Waals surface area contributed by atoms with Crippen molar-refractivity contribution in [1.29, 1.82) is 0 Å². The summed E-state index contributed by atoms with van der Waals surface area (Å²) in [6.45, 7) is 1.73. The van der Waals surface area contributed by atoms with Gasteiger partial charge in [0.2, 0.25) is 0 Å². The van der Waals surface area contributed by atoms with Gasteiger partial charge in [-0.15, -0.1) is 24.8 Å². The van der Waals surface area contributed by atoms with Crippen LogP contribution in [-0.2, 0) is 24.8 Å². The maximum atomic E-state index is 12.7. The predicted molar refractivity (Wildman–Crippen MR) is 109 cm³/mol. The van der Waals surface area contributed by atoms with Crippen molar-refractivity contribution in [2.75, 3.05) is 13.2 Å².